The van der Waals surface area contributed by atoms with Gasteiger partial charge in [0.25, 0.3) is 0 Å². The molecule has 1 aromatic heterocycles. The highest BCUT2D eigenvalue weighted by molar-refractivity contribution is 7.90. The largest absolute Gasteiger partial charge is 0.478 e. The highest BCUT2D eigenvalue weighted by Gasteiger charge is 2.32. The van der Waals surface area contributed by atoms with Crippen molar-refractivity contribution >= 4 is 32.7 Å². The van der Waals surface area contributed by atoms with E-state index in [1.54, 1.807) is 6.92 Å². The van der Waals surface area contributed by atoms with Crippen molar-refractivity contribution in [2.75, 3.05) is 24.4 Å². The Morgan fingerprint density at radius 3 is 2.38 bits per heavy atom. The number of carboxylic acids is 1. The lowest BCUT2D eigenvalue weighted by Gasteiger charge is -2.26. The topological polar surface area (TPSA) is 90.8 Å². The molecule has 2 heterocycles. The number of aromatic nitrogens is 1. The van der Waals surface area contributed by atoms with Crippen molar-refractivity contribution in [1.82, 2.24) is 8.68 Å². The predicted molar refractivity (Wildman–Crippen MR) is 81.2 cm³/mol. The van der Waals surface area contributed by atoms with Crippen molar-refractivity contribution in [3.63, 3.8) is 0 Å². The van der Waals surface area contributed by atoms with E-state index in [-0.39, 0.29) is 10.6 Å². The normalized spacial score (nSPS) is 17.4. The van der Waals surface area contributed by atoms with Crippen LogP contribution in [0.1, 0.15) is 41.7 Å². The van der Waals surface area contributed by atoms with Crippen molar-refractivity contribution in [2.45, 2.75) is 32.6 Å². The fourth-order valence-corrected chi connectivity index (χ4v) is 4.87. The van der Waals surface area contributed by atoms with Crippen molar-refractivity contribution < 1.29 is 18.3 Å². The van der Waals surface area contributed by atoms with E-state index in [4.69, 9.17) is 0 Å². The molecule has 1 aliphatic rings. The van der Waals surface area contributed by atoms with Crippen molar-refractivity contribution in [3.05, 3.63) is 11.3 Å². The van der Waals surface area contributed by atoms with Crippen LogP contribution >= 0.6 is 11.5 Å². The Morgan fingerprint density at radius 2 is 1.86 bits per heavy atom. The number of aryl methyl sites for hydroxylation is 1. The summed E-state index contributed by atoms with van der Waals surface area (Å²) in [7, 11) is -2.32. The van der Waals surface area contributed by atoms with Gasteiger partial charge in [-0.1, -0.05) is 12.8 Å². The fraction of sp³-hybridized carbons (Fsp3) is 0.667. The van der Waals surface area contributed by atoms with Crippen LogP contribution in [0.4, 0.5) is 5.00 Å². The number of nitrogens with zero attached hydrogens (tertiary/aromatic N) is 3. The number of anilines is 1. The molecule has 1 aromatic rings. The minimum Gasteiger partial charge on any atom is -0.478 e. The first-order chi connectivity index (χ1) is 9.85. The van der Waals surface area contributed by atoms with Gasteiger partial charge in [-0.2, -0.15) is 17.1 Å². The van der Waals surface area contributed by atoms with Crippen molar-refractivity contribution in [2.24, 2.45) is 0 Å². The summed E-state index contributed by atoms with van der Waals surface area (Å²) < 4.78 is 31.8. The monoisotopic (exact) mass is 333 g/mol. The minimum absolute atomic E-state index is 0.0408. The maximum Gasteiger partial charge on any atom is 0.340 e. The number of hydrogen-bond acceptors (Lipinski definition) is 5. The molecule has 1 saturated heterocycles. The molecule has 1 aliphatic heterocycles. The predicted octanol–water partition coefficient (Wildman–Crippen LogP) is 1.71. The first kappa shape index (κ1) is 16.2. The fourth-order valence-electron chi connectivity index (χ4n) is 2.37. The average Bonchev–Trinajstić information content (AvgIpc) is 2.65. The maximum absolute atomic E-state index is 12.7. The number of rotatable bonds is 4. The van der Waals surface area contributed by atoms with Gasteiger partial charge < -0.3 is 5.11 Å². The van der Waals surface area contributed by atoms with Crippen LogP contribution in [-0.2, 0) is 10.2 Å². The molecule has 0 saturated carbocycles. The van der Waals surface area contributed by atoms with Crippen LogP contribution < -0.4 is 4.31 Å². The van der Waals surface area contributed by atoms with E-state index in [1.807, 2.05) is 0 Å². The van der Waals surface area contributed by atoms with Crippen LogP contribution in [0.3, 0.4) is 0 Å². The summed E-state index contributed by atoms with van der Waals surface area (Å²) in [6, 6.07) is 0. The smallest absolute Gasteiger partial charge is 0.340 e. The highest BCUT2D eigenvalue weighted by atomic mass is 32.2. The van der Waals surface area contributed by atoms with Gasteiger partial charge in [0, 0.05) is 20.1 Å². The molecule has 0 spiro atoms. The maximum atomic E-state index is 12.7. The van der Waals surface area contributed by atoms with Gasteiger partial charge in [-0.25, -0.2) is 9.10 Å². The molecule has 1 N–H and O–H groups in total. The van der Waals surface area contributed by atoms with Gasteiger partial charge >= 0.3 is 16.2 Å². The molecule has 21 heavy (non-hydrogen) atoms. The summed E-state index contributed by atoms with van der Waals surface area (Å²) in [5.74, 6) is -1.16. The van der Waals surface area contributed by atoms with Crippen LogP contribution in [0.2, 0.25) is 0 Å². The Balaban J connectivity index is 2.34. The SMILES string of the molecule is Cc1nsc(N(C)S(=O)(=O)N2CCCCCC2)c1C(=O)O. The van der Waals surface area contributed by atoms with Crippen molar-refractivity contribution in [1.29, 1.82) is 0 Å². The molecule has 118 valence electrons. The molecule has 0 bridgehead atoms. The Kier molecular flexibility index (Phi) is 4.84. The molecular formula is C12H19N3O4S2. The van der Waals surface area contributed by atoms with Gasteiger partial charge in [0.15, 0.2) is 0 Å². The molecular weight excluding hydrogens is 314 g/mol. The van der Waals surface area contributed by atoms with Gasteiger partial charge in [0.2, 0.25) is 0 Å². The number of carboxylic acid groups (broad SMARTS) is 1. The zero-order valence-electron chi connectivity index (χ0n) is 12.1. The second kappa shape index (κ2) is 6.29. The van der Waals surface area contributed by atoms with Gasteiger partial charge in [0.05, 0.1) is 5.69 Å². The standard InChI is InChI=1S/C12H19N3O4S2/c1-9-10(12(16)17)11(20-13-9)14(2)21(18,19)15-7-5-3-4-6-8-15/h3-8H2,1-2H3,(H,16,17). The second-order valence-corrected chi connectivity index (χ2v) is 7.75. The zero-order valence-corrected chi connectivity index (χ0v) is 13.7. The van der Waals surface area contributed by atoms with Gasteiger partial charge in [-0.15, -0.1) is 0 Å². The molecule has 0 atom stereocenters. The molecule has 0 radical (unpaired) electrons. The van der Waals surface area contributed by atoms with E-state index in [1.165, 1.54) is 11.4 Å². The summed E-state index contributed by atoms with van der Waals surface area (Å²) in [6.45, 7) is 2.52. The summed E-state index contributed by atoms with van der Waals surface area (Å²) in [5, 5.41) is 9.39. The molecule has 0 aromatic carbocycles. The quantitative estimate of drug-likeness (QED) is 0.906. The second-order valence-electron chi connectivity index (χ2n) is 5.04. The van der Waals surface area contributed by atoms with Crippen LogP contribution in [0.5, 0.6) is 0 Å². The Hall–Kier alpha value is -1.19. The van der Waals surface area contributed by atoms with Crippen LogP contribution in [0, 0.1) is 6.92 Å². The van der Waals surface area contributed by atoms with E-state index < -0.39 is 16.2 Å². The van der Waals surface area contributed by atoms with E-state index >= 15 is 0 Å². The first-order valence-electron chi connectivity index (χ1n) is 6.79. The molecule has 9 heteroatoms. The molecule has 0 amide bonds. The molecule has 7 nitrogen and oxygen atoms in total. The average molecular weight is 333 g/mol. The lowest BCUT2D eigenvalue weighted by atomic mass is 10.2. The Labute approximate surface area is 128 Å². The lowest BCUT2D eigenvalue weighted by molar-refractivity contribution is 0.0697. The summed E-state index contributed by atoms with van der Waals surface area (Å²) >= 11 is 0.898. The third-order valence-electron chi connectivity index (χ3n) is 3.58. The minimum atomic E-state index is -3.71. The van der Waals surface area contributed by atoms with E-state index in [2.05, 4.69) is 4.37 Å². The lowest BCUT2D eigenvalue weighted by Crippen LogP contribution is -2.42. The molecule has 2 rings (SSSR count). The molecule has 0 unspecified atom stereocenters. The Bertz CT molecular complexity index is 618. The number of hydrogen-bond donors (Lipinski definition) is 1. The van der Waals surface area contributed by atoms with Crippen LogP contribution in [0.25, 0.3) is 0 Å². The highest BCUT2D eigenvalue weighted by Crippen LogP contribution is 2.31. The summed E-state index contributed by atoms with van der Waals surface area (Å²) in [4.78, 5) is 11.3. The molecule has 0 aliphatic carbocycles. The number of carbonyl (C=O) groups is 1. The van der Waals surface area contributed by atoms with Crippen molar-refractivity contribution in [3.8, 4) is 0 Å². The number of aromatic carboxylic acids is 1. The van der Waals surface area contributed by atoms with E-state index in [0.29, 0.717) is 18.8 Å². The van der Waals surface area contributed by atoms with Crippen LogP contribution in [0.15, 0.2) is 0 Å². The van der Waals surface area contributed by atoms with E-state index in [0.717, 1.165) is 41.5 Å². The van der Waals surface area contributed by atoms with E-state index in [9.17, 15) is 18.3 Å². The van der Waals surface area contributed by atoms with Crippen LogP contribution in [-0.4, -0.2) is 48.3 Å². The summed E-state index contributed by atoms with van der Waals surface area (Å²) in [5.41, 5.74) is 0.293. The summed E-state index contributed by atoms with van der Waals surface area (Å²) in [6.07, 6.45) is 3.71. The van der Waals surface area contributed by atoms with Gasteiger partial charge in [-0.05, 0) is 31.3 Å². The molecule has 1 fully saturated rings. The third-order valence-corrected chi connectivity index (χ3v) is 6.61. The zero-order chi connectivity index (χ0) is 15.6. The van der Waals surface area contributed by atoms with Gasteiger partial charge in [-0.3, -0.25) is 0 Å². The Morgan fingerprint density at radius 1 is 1.29 bits per heavy atom. The van der Waals surface area contributed by atoms with Gasteiger partial charge in [0.1, 0.15) is 10.6 Å². The first-order valence-corrected chi connectivity index (χ1v) is 8.96. The third kappa shape index (κ3) is 3.19.